The number of ether oxygens (including phenoxy) is 3. The van der Waals surface area contributed by atoms with Gasteiger partial charge in [-0.3, -0.25) is 0 Å². The van der Waals surface area contributed by atoms with Crippen molar-refractivity contribution in [3.63, 3.8) is 0 Å². The van der Waals surface area contributed by atoms with Crippen LogP contribution in [0.15, 0.2) is 48.2 Å². The van der Waals surface area contributed by atoms with Gasteiger partial charge in [0.2, 0.25) is 8.32 Å². The monoisotopic (exact) mass is 582 g/mol. The first-order valence-corrected chi connectivity index (χ1v) is 17.7. The Bertz CT molecular complexity index is 1160. The Balaban J connectivity index is 2.41. The molecule has 2 aromatic rings. The van der Waals surface area contributed by atoms with Crippen LogP contribution in [-0.2, 0) is 20.5 Å². The van der Waals surface area contributed by atoms with Crippen molar-refractivity contribution in [3.05, 3.63) is 70.5 Å². The van der Waals surface area contributed by atoms with Gasteiger partial charge in [0.15, 0.2) is 0 Å². The van der Waals surface area contributed by atoms with Crippen LogP contribution in [0.25, 0.3) is 5.57 Å². The van der Waals surface area contributed by atoms with Crippen molar-refractivity contribution in [1.29, 1.82) is 0 Å². The SMILES string of the molecule is CCC(=C(CCC(CC)CC)O[Si](CC)(CC)CC)c1cccc(COc2ccc(C(=O)OC)c(C(=O)OC)c2)c1. The molecule has 0 saturated heterocycles. The van der Waals surface area contributed by atoms with Crippen molar-refractivity contribution in [2.24, 2.45) is 5.92 Å². The molecule has 0 radical (unpaired) electrons. The predicted molar refractivity (Wildman–Crippen MR) is 169 cm³/mol. The minimum Gasteiger partial charge on any atom is -0.546 e. The Morgan fingerprint density at radius 2 is 1.44 bits per heavy atom. The minimum atomic E-state index is -1.84. The molecule has 41 heavy (non-hydrogen) atoms. The van der Waals surface area contributed by atoms with E-state index in [2.05, 4.69) is 59.7 Å². The Morgan fingerprint density at radius 3 is 2.00 bits per heavy atom. The third-order valence-corrected chi connectivity index (χ3v) is 12.9. The van der Waals surface area contributed by atoms with E-state index in [0.29, 0.717) is 18.3 Å². The second-order valence-corrected chi connectivity index (χ2v) is 15.2. The maximum Gasteiger partial charge on any atom is 0.338 e. The number of rotatable bonds is 17. The van der Waals surface area contributed by atoms with E-state index in [9.17, 15) is 9.59 Å². The fourth-order valence-electron chi connectivity index (χ4n) is 5.28. The normalized spacial score (nSPS) is 12.1. The summed E-state index contributed by atoms with van der Waals surface area (Å²) >= 11 is 0. The summed E-state index contributed by atoms with van der Waals surface area (Å²) in [6.45, 7) is 13.9. The van der Waals surface area contributed by atoms with Crippen LogP contribution in [0.2, 0.25) is 18.1 Å². The number of carbonyl (C=O) groups excluding carboxylic acids is 2. The molecule has 0 aromatic heterocycles. The molecule has 0 bridgehead atoms. The lowest BCUT2D eigenvalue weighted by Crippen LogP contribution is -2.35. The largest absolute Gasteiger partial charge is 0.546 e. The first-order valence-electron chi connectivity index (χ1n) is 15.2. The van der Waals surface area contributed by atoms with Gasteiger partial charge in [-0.1, -0.05) is 72.6 Å². The lowest BCUT2D eigenvalue weighted by atomic mass is 9.93. The third kappa shape index (κ3) is 9.22. The molecule has 0 aliphatic rings. The molecule has 0 unspecified atom stereocenters. The number of hydrogen-bond donors (Lipinski definition) is 0. The molecule has 0 aliphatic carbocycles. The molecule has 2 aromatic carbocycles. The molecule has 0 atom stereocenters. The van der Waals surface area contributed by atoms with E-state index in [1.807, 2.05) is 6.07 Å². The van der Waals surface area contributed by atoms with Crippen LogP contribution >= 0.6 is 0 Å². The van der Waals surface area contributed by atoms with E-state index in [4.69, 9.17) is 18.6 Å². The molecular formula is C34H50O6Si. The van der Waals surface area contributed by atoms with Gasteiger partial charge in [-0.2, -0.15) is 0 Å². The zero-order valence-corrected chi connectivity index (χ0v) is 27.4. The van der Waals surface area contributed by atoms with Gasteiger partial charge in [-0.05, 0) is 77.9 Å². The molecule has 0 fully saturated rings. The zero-order chi connectivity index (χ0) is 30.4. The van der Waals surface area contributed by atoms with E-state index in [1.165, 1.54) is 50.5 Å². The molecule has 7 heteroatoms. The molecule has 0 spiro atoms. The maximum absolute atomic E-state index is 12.3. The fraction of sp³-hybridized carbons (Fsp3) is 0.529. The number of benzene rings is 2. The number of allylic oxidation sites excluding steroid dienone is 2. The molecule has 0 amide bonds. The topological polar surface area (TPSA) is 71.1 Å². The van der Waals surface area contributed by atoms with Crippen LogP contribution in [-0.4, -0.2) is 34.5 Å². The smallest absolute Gasteiger partial charge is 0.338 e. The molecule has 2 rings (SSSR count). The summed E-state index contributed by atoms with van der Waals surface area (Å²) in [5.74, 6) is 1.12. The molecule has 226 valence electrons. The number of hydrogen-bond acceptors (Lipinski definition) is 6. The van der Waals surface area contributed by atoms with E-state index >= 15 is 0 Å². The third-order valence-electron chi connectivity index (χ3n) is 8.38. The van der Waals surface area contributed by atoms with Gasteiger partial charge < -0.3 is 18.6 Å². The average Bonchev–Trinajstić information content (AvgIpc) is 3.02. The van der Waals surface area contributed by atoms with Crippen molar-refractivity contribution in [3.8, 4) is 5.75 Å². The van der Waals surface area contributed by atoms with Crippen LogP contribution < -0.4 is 4.74 Å². The fourth-order valence-corrected chi connectivity index (χ4v) is 7.96. The molecule has 0 N–H and O–H groups in total. The quantitative estimate of drug-likeness (QED) is 0.105. The summed E-state index contributed by atoms with van der Waals surface area (Å²) in [5, 5.41) is 0. The van der Waals surface area contributed by atoms with Gasteiger partial charge in [-0.15, -0.1) is 0 Å². The standard InChI is InChI=1S/C34H50O6Si/c1-9-25(10-2)18-21-32(40-41(12-4,13-5)14-6)29(11-3)27-17-15-16-26(22-27)24-39-28-19-20-30(33(35)37-7)31(23-28)34(36)38-8/h15-17,19-20,22-23,25H,9-14,18,21,24H2,1-8H3. The van der Waals surface area contributed by atoms with Gasteiger partial charge in [0.1, 0.15) is 12.4 Å². The van der Waals surface area contributed by atoms with Gasteiger partial charge in [-0.25, -0.2) is 9.59 Å². The van der Waals surface area contributed by atoms with Crippen LogP contribution in [0.5, 0.6) is 5.75 Å². The van der Waals surface area contributed by atoms with Crippen LogP contribution in [0, 0.1) is 5.92 Å². The minimum absolute atomic E-state index is 0.108. The van der Waals surface area contributed by atoms with Crippen molar-refractivity contribution < 1.29 is 28.2 Å². The van der Waals surface area contributed by atoms with Gasteiger partial charge >= 0.3 is 11.9 Å². The Hall–Kier alpha value is -3.06. The molecule has 0 aliphatic heterocycles. The number of carbonyl (C=O) groups is 2. The summed E-state index contributed by atoms with van der Waals surface area (Å²) in [6.07, 6.45) is 5.37. The molecular weight excluding hydrogens is 532 g/mol. The van der Waals surface area contributed by atoms with Gasteiger partial charge in [0.05, 0.1) is 31.1 Å². The van der Waals surface area contributed by atoms with Crippen LogP contribution in [0.3, 0.4) is 0 Å². The van der Waals surface area contributed by atoms with Crippen molar-refractivity contribution >= 4 is 25.8 Å². The highest BCUT2D eigenvalue weighted by Crippen LogP contribution is 2.34. The molecule has 0 saturated carbocycles. The highest BCUT2D eigenvalue weighted by molar-refractivity contribution is 6.73. The Morgan fingerprint density at radius 1 is 0.805 bits per heavy atom. The lowest BCUT2D eigenvalue weighted by Gasteiger charge is -2.32. The van der Waals surface area contributed by atoms with Crippen molar-refractivity contribution in [2.45, 2.75) is 98.4 Å². The Labute approximate surface area is 248 Å². The van der Waals surface area contributed by atoms with Gasteiger partial charge in [0, 0.05) is 6.42 Å². The van der Waals surface area contributed by atoms with Crippen molar-refractivity contribution in [1.82, 2.24) is 0 Å². The second-order valence-electron chi connectivity index (χ2n) is 10.5. The number of esters is 2. The zero-order valence-electron chi connectivity index (χ0n) is 26.4. The summed E-state index contributed by atoms with van der Waals surface area (Å²) in [7, 11) is 0.706. The van der Waals surface area contributed by atoms with E-state index in [0.717, 1.165) is 48.5 Å². The molecule has 6 nitrogen and oxygen atoms in total. The summed E-state index contributed by atoms with van der Waals surface area (Å²) in [4.78, 5) is 24.4. The maximum atomic E-state index is 12.3. The average molecular weight is 583 g/mol. The predicted octanol–water partition coefficient (Wildman–Crippen LogP) is 9.20. The summed E-state index contributed by atoms with van der Waals surface area (Å²) in [6, 6.07) is 16.5. The summed E-state index contributed by atoms with van der Waals surface area (Å²) in [5.41, 5.74) is 3.69. The van der Waals surface area contributed by atoms with Crippen LogP contribution in [0.4, 0.5) is 0 Å². The van der Waals surface area contributed by atoms with E-state index in [-0.39, 0.29) is 11.1 Å². The van der Waals surface area contributed by atoms with Crippen molar-refractivity contribution in [2.75, 3.05) is 14.2 Å². The first-order chi connectivity index (χ1) is 19.7. The second kappa shape index (κ2) is 17.0. The Kier molecular flexibility index (Phi) is 14.2. The lowest BCUT2D eigenvalue weighted by molar-refractivity contribution is 0.0555. The molecule has 0 heterocycles. The van der Waals surface area contributed by atoms with E-state index < -0.39 is 20.3 Å². The van der Waals surface area contributed by atoms with Crippen LogP contribution in [0.1, 0.15) is 105 Å². The van der Waals surface area contributed by atoms with Gasteiger partial charge in [0.25, 0.3) is 0 Å². The van der Waals surface area contributed by atoms with E-state index in [1.54, 1.807) is 6.07 Å². The first kappa shape index (κ1) is 34.1. The highest BCUT2D eigenvalue weighted by Gasteiger charge is 2.32. The highest BCUT2D eigenvalue weighted by atomic mass is 28.4. The summed E-state index contributed by atoms with van der Waals surface area (Å²) < 4.78 is 22.8. The number of methoxy groups -OCH3 is 2.